The van der Waals surface area contributed by atoms with Crippen molar-refractivity contribution in [3.05, 3.63) is 70.2 Å². The normalized spacial score (nSPS) is 11.0. The van der Waals surface area contributed by atoms with Crippen molar-refractivity contribution in [3.63, 3.8) is 0 Å². The highest BCUT2D eigenvalue weighted by atomic mass is 32.2. The molecule has 10 heteroatoms. The largest absolute Gasteiger partial charge is 0.465 e. The van der Waals surface area contributed by atoms with Gasteiger partial charge < -0.3 is 10.1 Å². The number of esters is 1. The zero-order valence-corrected chi connectivity index (χ0v) is 18.1. The highest BCUT2D eigenvalue weighted by Crippen LogP contribution is 2.26. The molecule has 0 fully saturated rings. The Morgan fingerprint density at radius 2 is 1.63 bits per heavy atom. The summed E-state index contributed by atoms with van der Waals surface area (Å²) >= 11 is 0.936. The van der Waals surface area contributed by atoms with Crippen LogP contribution in [0.3, 0.4) is 0 Å². The van der Waals surface area contributed by atoms with Crippen LogP contribution in [0.15, 0.2) is 53.4 Å². The Balaban J connectivity index is 1.74. The number of anilines is 2. The number of methoxy groups -OCH3 is 1. The Morgan fingerprint density at radius 1 is 1.00 bits per heavy atom. The van der Waals surface area contributed by atoms with Crippen molar-refractivity contribution < 1.29 is 22.7 Å². The summed E-state index contributed by atoms with van der Waals surface area (Å²) in [7, 11) is -2.52. The number of hydrogen-bond donors (Lipinski definition) is 2. The van der Waals surface area contributed by atoms with Crippen molar-refractivity contribution in [2.24, 2.45) is 0 Å². The first kappa shape index (κ1) is 21.5. The second kappa shape index (κ2) is 8.64. The van der Waals surface area contributed by atoms with Gasteiger partial charge in [0.05, 0.1) is 23.3 Å². The molecule has 0 saturated carbocycles. The quantitative estimate of drug-likeness (QED) is 0.560. The van der Waals surface area contributed by atoms with Crippen LogP contribution in [0.5, 0.6) is 0 Å². The average molecular weight is 446 g/mol. The second-order valence-electron chi connectivity index (χ2n) is 6.38. The van der Waals surface area contributed by atoms with Gasteiger partial charge >= 0.3 is 5.97 Å². The highest BCUT2D eigenvalue weighted by Gasteiger charge is 2.20. The van der Waals surface area contributed by atoms with E-state index in [1.165, 1.54) is 31.4 Å². The third-order valence-electron chi connectivity index (χ3n) is 4.12. The fourth-order valence-corrected chi connectivity index (χ4v) is 4.63. The van der Waals surface area contributed by atoms with Crippen molar-refractivity contribution in [1.82, 2.24) is 4.98 Å². The van der Waals surface area contributed by atoms with Gasteiger partial charge in [-0.05, 0) is 50.2 Å². The van der Waals surface area contributed by atoms with Crippen molar-refractivity contribution >= 4 is 44.1 Å². The number of ether oxygens (including phenoxy) is 1. The van der Waals surface area contributed by atoms with Crippen LogP contribution < -0.4 is 10.0 Å². The van der Waals surface area contributed by atoms with Gasteiger partial charge in [0.1, 0.15) is 4.88 Å². The molecule has 0 spiro atoms. The Hall–Kier alpha value is -3.24. The Kier molecular flexibility index (Phi) is 6.18. The SMILES string of the molecule is COC(=O)c1ccc(NC(=O)c2sc(NS(=O)(=O)c3ccc(C)cc3)nc2C)cc1. The zero-order chi connectivity index (χ0) is 21.9. The number of carbonyl (C=O) groups is 2. The van der Waals surface area contributed by atoms with Crippen molar-refractivity contribution in [3.8, 4) is 0 Å². The number of hydrogen-bond acceptors (Lipinski definition) is 7. The number of carbonyl (C=O) groups excluding carboxylic acids is 2. The number of aryl methyl sites for hydroxylation is 2. The van der Waals surface area contributed by atoms with E-state index >= 15 is 0 Å². The number of amides is 1. The number of sulfonamides is 1. The summed E-state index contributed by atoms with van der Waals surface area (Å²) in [5.74, 6) is -0.909. The molecule has 0 unspecified atom stereocenters. The molecule has 0 atom stereocenters. The first-order chi connectivity index (χ1) is 14.2. The van der Waals surface area contributed by atoms with Crippen molar-refractivity contribution in [2.45, 2.75) is 18.7 Å². The van der Waals surface area contributed by atoms with E-state index in [1.54, 1.807) is 31.2 Å². The number of nitrogens with zero attached hydrogens (tertiary/aromatic N) is 1. The van der Waals surface area contributed by atoms with Gasteiger partial charge in [-0.15, -0.1) is 0 Å². The second-order valence-corrected chi connectivity index (χ2v) is 9.06. The fourth-order valence-electron chi connectivity index (χ4n) is 2.54. The molecule has 0 radical (unpaired) electrons. The van der Waals surface area contributed by atoms with Crippen LogP contribution in [0.4, 0.5) is 10.8 Å². The number of rotatable bonds is 6. The van der Waals surface area contributed by atoms with Crippen LogP contribution in [0, 0.1) is 13.8 Å². The first-order valence-corrected chi connectivity index (χ1v) is 11.1. The summed E-state index contributed by atoms with van der Waals surface area (Å²) in [6.45, 7) is 3.48. The molecule has 2 N–H and O–H groups in total. The van der Waals surface area contributed by atoms with Gasteiger partial charge in [0.2, 0.25) is 0 Å². The molecule has 1 heterocycles. The molecule has 30 heavy (non-hydrogen) atoms. The number of aromatic nitrogens is 1. The lowest BCUT2D eigenvalue weighted by Gasteiger charge is -2.05. The number of thiazole rings is 1. The topological polar surface area (TPSA) is 114 Å². The zero-order valence-electron chi connectivity index (χ0n) is 16.4. The van der Waals surface area contributed by atoms with Gasteiger partial charge in [-0.1, -0.05) is 29.0 Å². The molecule has 8 nitrogen and oxygen atoms in total. The molecular formula is C20H19N3O5S2. The lowest BCUT2D eigenvalue weighted by molar-refractivity contribution is 0.0600. The van der Waals surface area contributed by atoms with Crippen LogP contribution in [-0.4, -0.2) is 32.4 Å². The highest BCUT2D eigenvalue weighted by molar-refractivity contribution is 7.93. The molecule has 0 saturated heterocycles. The predicted molar refractivity (Wildman–Crippen MR) is 115 cm³/mol. The summed E-state index contributed by atoms with van der Waals surface area (Å²) < 4.78 is 32.1. The number of nitrogens with one attached hydrogen (secondary N) is 2. The van der Waals surface area contributed by atoms with E-state index < -0.39 is 21.9 Å². The maximum atomic E-state index is 12.6. The molecular weight excluding hydrogens is 426 g/mol. The lowest BCUT2D eigenvalue weighted by atomic mass is 10.2. The summed E-state index contributed by atoms with van der Waals surface area (Å²) in [5.41, 5.74) is 2.17. The van der Waals surface area contributed by atoms with Crippen LogP contribution in [-0.2, 0) is 14.8 Å². The van der Waals surface area contributed by atoms with E-state index in [-0.39, 0.29) is 14.9 Å². The smallest absolute Gasteiger partial charge is 0.337 e. The lowest BCUT2D eigenvalue weighted by Crippen LogP contribution is -2.12. The number of benzene rings is 2. The van der Waals surface area contributed by atoms with Gasteiger partial charge in [0.15, 0.2) is 5.13 Å². The molecule has 0 aliphatic carbocycles. The average Bonchev–Trinajstić information content (AvgIpc) is 3.07. The molecule has 3 aromatic rings. The van der Waals surface area contributed by atoms with E-state index in [0.717, 1.165) is 16.9 Å². The van der Waals surface area contributed by atoms with Crippen LogP contribution in [0.2, 0.25) is 0 Å². The fraction of sp³-hybridized carbons (Fsp3) is 0.150. The third kappa shape index (κ3) is 4.84. The molecule has 0 aliphatic heterocycles. The van der Waals surface area contributed by atoms with Gasteiger partial charge in [-0.2, -0.15) is 0 Å². The van der Waals surface area contributed by atoms with E-state index in [0.29, 0.717) is 16.9 Å². The summed E-state index contributed by atoms with van der Waals surface area (Å²) in [4.78, 5) is 28.6. The summed E-state index contributed by atoms with van der Waals surface area (Å²) in [5, 5.41) is 2.80. The van der Waals surface area contributed by atoms with Crippen LogP contribution >= 0.6 is 11.3 Å². The minimum absolute atomic E-state index is 0.0965. The molecule has 1 amide bonds. The monoisotopic (exact) mass is 445 g/mol. The van der Waals surface area contributed by atoms with Gasteiger partial charge in [0.25, 0.3) is 15.9 Å². The first-order valence-electron chi connectivity index (χ1n) is 8.76. The molecule has 2 aromatic carbocycles. The molecule has 156 valence electrons. The van der Waals surface area contributed by atoms with Crippen LogP contribution in [0.1, 0.15) is 31.3 Å². The summed E-state index contributed by atoms with van der Waals surface area (Å²) in [6.07, 6.45) is 0. The molecule has 0 aliphatic rings. The van der Waals surface area contributed by atoms with Gasteiger partial charge in [-0.3, -0.25) is 9.52 Å². The third-order valence-corrected chi connectivity index (χ3v) is 6.68. The molecule has 3 rings (SSSR count). The Labute approximate surface area is 178 Å². The van der Waals surface area contributed by atoms with E-state index in [4.69, 9.17) is 0 Å². The van der Waals surface area contributed by atoms with Crippen LogP contribution in [0.25, 0.3) is 0 Å². The van der Waals surface area contributed by atoms with E-state index in [9.17, 15) is 18.0 Å². The standard InChI is InChI=1S/C20H19N3O5S2/c1-12-4-10-16(11-5-12)30(26,27)23-20-21-13(2)17(29-20)18(24)22-15-8-6-14(7-9-15)19(25)28-3/h4-11H,1-3H3,(H,21,23)(H,22,24). The molecule has 0 bridgehead atoms. The molecule has 1 aromatic heterocycles. The predicted octanol–water partition coefficient (Wildman–Crippen LogP) is 3.60. The maximum absolute atomic E-state index is 12.6. The van der Waals surface area contributed by atoms with E-state index in [1.807, 2.05) is 6.92 Å². The maximum Gasteiger partial charge on any atom is 0.337 e. The minimum Gasteiger partial charge on any atom is -0.465 e. The van der Waals surface area contributed by atoms with Crippen molar-refractivity contribution in [1.29, 1.82) is 0 Å². The van der Waals surface area contributed by atoms with E-state index in [2.05, 4.69) is 19.8 Å². The summed E-state index contributed by atoms with van der Waals surface area (Å²) in [6, 6.07) is 12.6. The van der Waals surface area contributed by atoms with Gasteiger partial charge in [0, 0.05) is 5.69 Å². The Morgan fingerprint density at radius 3 is 2.23 bits per heavy atom. The minimum atomic E-state index is -3.81. The van der Waals surface area contributed by atoms with Gasteiger partial charge in [-0.25, -0.2) is 18.2 Å². The Bertz CT molecular complexity index is 1180. The van der Waals surface area contributed by atoms with Crippen molar-refractivity contribution in [2.75, 3.05) is 17.1 Å².